The van der Waals surface area contributed by atoms with E-state index < -0.39 is 5.60 Å². The van der Waals surface area contributed by atoms with E-state index in [-0.39, 0.29) is 11.5 Å². The van der Waals surface area contributed by atoms with Gasteiger partial charge in [-0.25, -0.2) is 0 Å². The molecule has 0 spiro atoms. The largest absolute Gasteiger partial charge is 0.390 e. The Morgan fingerprint density at radius 1 is 1.15 bits per heavy atom. The van der Waals surface area contributed by atoms with Crippen LogP contribution in [0, 0.1) is 5.41 Å². The molecule has 0 aromatic carbocycles. The molecule has 4 heteroatoms. The monoisotopic (exact) mass is 460 g/mol. The van der Waals surface area contributed by atoms with Gasteiger partial charge in [-0.05, 0) is 68.7 Å². The summed E-state index contributed by atoms with van der Waals surface area (Å²) in [6, 6.07) is 5.94. The summed E-state index contributed by atoms with van der Waals surface area (Å²) in [6.45, 7) is 12.1. The van der Waals surface area contributed by atoms with Gasteiger partial charge in [0, 0.05) is 35.4 Å². The first-order valence-corrected chi connectivity index (χ1v) is 12.6. The second-order valence-electron chi connectivity index (χ2n) is 11.6. The molecule has 4 nitrogen and oxygen atoms in total. The summed E-state index contributed by atoms with van der Waals surface area (Å²) in [6.07, 6.45) is 17.8. The Labute approximate surface area is 204 Å². The number of ether oxygens (including phenoxy) is 1. The first-order chi connectivity index (χ1) is 16.1. The zero-order valence-electron chi connectivity index (χ0n) is 21.5. The molecule has 4 rings (SSSR count). The third-order valence-electron chi connectivity index (χ3n) is 6.40. The van der Waals surface area contributed by atoms with Crippen LogP contribution >= 0.6 is 0 Å². The van der Waals surface area contributed by atoms with Crippen molar-refractivity contribution in [2.75, 3.05) is 0 Å². The van der Waals surface area contributed by atoms with Crippen molar-refractivity contribution in [2.45, 2.75) is 91.6 Å². The fourth-order valence-electron chi connectivity index (χ4n) is 4.95. The molecule has 0 bridgehead atoms. The number of pyridine rings is 1. The summed E-state index contributed by atoms with van der Waals surface area (Å²) in [4.78, 5) is 4.40. The average molecular weight is 461 g/mol. The summed E-state index contributed by atoms with van der Waals surface area (Å²) in [5.74, 6) is 0. The van der Waals surface area contributed by atoms with Crippen LogP contribution in [-0.4, -0.2) is 26.4 Å². The molecule has 2 aromatic rings. The lowest BCUT2D eigenvalue weighted by Gasteiger charge is -2.24. The molecule has 1 N–H and O–H groups in total. The van der Waals surface area contributed by atoms with Gasteiger partial charge in [-0.1, -0.05) is 56.7 Å². The molecule has 0 saturated heterocycles. The van der Waals surface area contributed by atoms with Gasteiger partial charge < -0.3 is 14.4 Å². The third-order valence-corrected chi connectivity index (χ3v) is 6.40. The molecule has 1 unspecified atom stereocenters. The highest BCUT2D eigenvalue weighted by molar-refractivity contribution is 5.47. The fraction of sp³-hybridized carbons (Fsp3) is 0.500. The Morgan fingerprint density at radius 2 is 1.97 bits per heavy atom. The van der Waals surface area contributed by atoms with Crippen LogP contribution in [-0.2, 0) is 30.7 Å². The van der Waals surface area contributed by atoms with Gasteiger partial charge in [-0.3, -0.25) is 4.98 Å². The number of aromatic nitrogens is 2. The van der Waals surface area contributed by atoms with Crippen LogP contribution < -0.4 is 10.6 Å². The molecule has 2 aliphatic rings. The van der Waals surface area contributed by atoms with Crippen LogP contribution in [0.5, 0.6) is 0 Å². The van der Waals surface area contributed by atoms with Gasteiger partial charge in [0.15, 0.2) is 0 Å². The number of hydrogen-bond donors (Lipinski definition) is 1. The van der Waals surface area contributed by atoms with Crippen molar-refractivity contribution in [2.24, 2.45) is 5.41 Å². The Balaban J connectivity index is 1.77. The van der Waals surface area contributed by atoms with Crippen LogP contribution in [0.2, 0.25) is 0 Å². The van der Waals surface area contributed by atoms with Gasteiger partial charge in [-0.15, -0.1) is 0 Å². The predicted octanol–water partition coefficient (Wildman–Crippen LogP) is 4.61. The maximum atomic E-state index is 10.9. The maximum Gasteiger partial charge on any atom is 0.0896 e. The molecular weight excluding hydrogens is 420 g/mol. The standard InChI is InChI=1S/C30H40N2O2/c1-29(2,3)18-26-25-17-24(34-21-23-13-9-10-16-31-23)14-15-27(25)32(28(26)19-30(4,5)33)20-22-11-7-6-8-12-22/h6-7,9-11,13,15-17,24,33H,8,12,14,18-21H2,1-5H3. The van der Waals surface area contributed by atoms with Crippen molar-refractivity contribution in [3.05, 3.63) is 75.7 Å². The highest BCUT2D eigenvalue weighted by Crippen LogP contribution is 2.25. The summed E-state index contributed by atoms with van der Waals surface area (Å²) >= 11 is 0. The average Bonchev–Trinajstić information content (AvgIpc) is 3.03. The van der Waals surface area contributed by atoms with Crippen molar-refractivity contribution in [1.29, 1.82) is 0 Å². The van der Waals surface area contributed by atoms with Crippen LogP contribution in [0.25, 0.3) is 12.2 Å². The molecule has 0 radical (unpaired) electrons. The lowest BCUT2D eigenvalue weighted by Crippen LogP contribution is -2.36. The van der Waals surface area contributed by atoms with Crippen molar-refractivity contribution >= 4 is 12.2 Å². The van der Waals surface area contributed by atoms with Crippen molar-refractivity contribution < 1.29 is 9.84 Å². The first-order valence-electron chi connectivity index (χ1n) is 12.6. The van der Waals surface area contributed by atoms with Crippen LogP contribution in [0.15, 0.2) is 48.2 Å². The summed E-state index contributed by atoms with van der Waals surface area (Å²) < 4.78 is 8.76. The molecule has 34 heavy (non-hydrogen) atoms. The first kappa shape index (κ1) is 24.7. The minimum Gasteiger partial charge on any atom is -0.390 e. The van der Waals surface area contributed by atoms with Gasteiger partial charge in [0.2, 0.25) is 0 Å². The molecule has 1 atom stereocenters. The second-order valence-corrected chi connectivity index (χ2v) is 11.6. The molecule has 0 amide bonds. The number of aliphatic hydroxyl groups is 1. The van der Waals surface area contributed by atoms with E-state index in [1.807, 2.05) is 38.2 Å². The maximum absolute atomic E-state index is 10.9. The highest BCUT2D eigenvalue weighted by Gasteiger charge is 2.27. The molecule has 0 fully saturated rings. The number of allylic oxidation sites excluding steroid dienone is 4. The Bertz CT molecular complexity index is 1170. The van der Waals surface area contributed by atoms with Crippen molar-refractivity contribution in [1.82, 2.24) is 9.55 Å². The summed E-state index contributed by atoms with van der Waals surface area (Å²) in [5.41, 5.74) is 4.38. The molecule has 2 heterocycles. The van der Waals surface area contributed by atoms with Gasteiger partial charge in [-0.2, -0.15) is 0 Å². The second kappa shape index (κ2) is 10.1. The number of rotatable bonds is 8. The van der Waals surface area contributed by atoms with Gasteiger partial charge >= 0.3 is 0 Å². The highest BCUT2D eigenvalue weighted by atomic mass is 16.5. The Hall–Kier alpha value is -2.43. The van der Waals surface area contributed by atoms with Crippen LogP contribution in [0.3, 0.4) is 0 Å². The normalized spacial score (nSPS) is 18.2. The van der Waals surface area contributed by atoms with E-state index in [9.17, 15) is 5.11 Å². The fourth-order valence-corrected chi connectivity index (χ4v) is 4.95. The molecule has 182 valence electrons. The lowest BCUT2D eigenvalue weighted by molar-refractivity contribution is 0.0785. The van der Waals surface area contributed by atoms with E-state index in [0.29, 0.717) is 13.0 Å². The molecule has 2 aromatic heterocycles. The molecular formula is C30H40N2O2. The minimum atomic E-state index is -0.777. The number of hydrogen-bond acceptors (Lipinski definition) is 3. The summed E-state index contributed by atoms with van der Waals surface area (Å²) in [7, 11) is 0. The smallest absolute Gasteiger partial charge is 0.0896 e. The number of fused-ring (bicyclic) bond motifs is 1. The van der Waals surface area contributed by atoms with Crippen LogP contribution in [0.1, 0.15) is 70.8 Å². The summed E-state index contributed by atoms with van der Waals surface area (Å²) in [5, 5.41) is 13.4. The van der Waals surface area contributed by atoms with E-state index >= 15 is 0 Å². The van der Waals surface area contributed by atoms with Crippen molar-refractivity contribution in [3.63, 3.8) is 0 Å². The van der Waals surface area contributed by atoms with E-state index in [0.717, 1.165) is 37.9 Å². The quantitative estimate of drug-likeness (QED) is 0.626. The predicted molar refractivity (Wildman–Crippen MR) is 140 cm³/mol. The van der Waals surface area contributed by atoms with E-state index in [4.69, 9.17) is 4.74 Å². The molecule has 2 aliphatic carbocycles. The third kappa shape index (κ3) is 6.37. The van der Waals surface area contributed by atoms with Gasteiger partial charge in [0.05, 0.1) is 24.0 Å². The lowest BCUT2D eigenvalue weighted by atomic mass is 9.85. The van der Waals surface area contributed by atoms with Crippen LogP contribution in [0.4, 0.5) is 0 Å². The van der Waals surface area contributed by atoms with E-state index in [2.05, 4.69) is 60.7 Å². The van der Waals surface area contributed by atoms with Gasteiger partial charge in [0.1, 0.15) is 0 Å². The van der Waals surface area contributed by atoms with Gasteiger partial charge in [0.25, 0.3) is 0 Å². The topological polar surface area (TPSA) is 47.3 Å². The van der Waals surface area contributed by atoms with E-state index in [1.165, 1.54) is 27.4 Å². The SMILES string of the molecule is CC(C)(C)Cc1c(CC(C)(C)O)n(CC2=CC=CCC2)c2c1=CC(OCc1ccccn1)CC=2. The minimum absolute atomic E-state index is 0.0240. The van der Waals surface area contributed by atoms with E-state index in [1.54, 1.807) is 0 Å². The Morgan fingerprint density at radius 3 is 2.62 bits per heavy atom. The Kier molecular flexibility index (Phi) is 7.30. The van der Waals surface area contributed by atoms with Crippen molar-refractivity contribution in [3.8, 4) is 0 Å². The molecule has 0 saturated carbocycles. The zero-order valence-corrected chi connectivity index (χ0v) is 21.5. The zero-order chi connectivity index (χ0) is 24.3. The molecule has 0 aliphatic heterocycles. The number of nitrogens with zero attached hydrogens (tertiary/aromatic N) is 2.